The van der Waals surface area contributed by atoms with E-state index in [-0.39, 0.29) is 5.02 Å². The van der Waals surface area contributed by atoms with Gasteiger partial charge in [0, 0.05) is 32.6 Å². The van der Waals surface area contributed by atoms with Crippen molar-refractivity contribution >= 4 is 11.6 Å². The number of rotatable bonds is 3. The average Bonchev–Trinajstić information content (AvgIpc) is 2.35. The number of hydrogen-bond donors (Lipinski definition) is 0. The standard InChI is InChI=1S/C13H13ClFNO2/c1-17-13(18-2)6-12(7-13,8-16)9-4-3-5-10(14)11(9)15/h3-5H,6-7H2,1-2H3. The van der Waals surface area contributed by atoms with E-state index >= 15 is 0 Å². The fourth-order valence-electron chi connectivity index (χ4n) is 2.44. The molecular formula is C13H13ClFNO2. The van der Waals surface area contributed by atoms with Crippen molar-refractivity contribution < 1.29 is 13.9 Å². The highest BCUT2D eigenvalue weighted by molar-refractivity contribution is 6.30. The van der Waals surface area contributed by atoms with Gasteiger partial charge >= 0.3 is 0 Å². The van der Waals surface area contributed by atoms with Gasteiger partial charge in [-0.1, -0.05) is 23.7 Å². The zero-order chi connectivity index (χ0) is 13.4. The minimum absolute atomic E-state index is 0.0226. The van der Waals surface area contributed by atoms with E-state index in [4.69, 9.17) is 21.1 Å². The zero-order valence-corrected chi connectivity index (χ0v) is 10.9. The second-order valence-electron chi connectivity index (χ2n) is 4.47. The zero-order valence-electron chi connectivity index (χ0n) is 10.2. The van der Waals surface area contributed by atoms with Crippen LogP contribution in [0.5, 0.6) is 0 Å². The van der Waals surface area contributed by atoms with Gasteiger partial charge in [0.1, 0.15) is 5.82 Å². The molecule has 0 radical (unpaired) electrons. The van der Waals surface area contributed by atoms with E-state index in [0.29, 0.717) is 18.4 Å². The summed E-state index contributed by atoms with van der Waals surface area (Å²) in [5, 5.41) is 9.38. The van der Waals surface area contributed by atoms with Crippen molar-refractivity contribution in [2.75, 3.05) is 14.2 Å². The van der Waals surface area contributed by atoms with E-state index in [1.807, 2.05) is 0 Å². The number of halogens is 2. The lowest BCUT2D eigenvalue weighted by Crippen LogP contribution is -2.56. The quantitative estimate of drug-likeness (QED) is 0.792. The van der Waals surface area contributed by atoms with Gasteiger partial charge in [-0.25, -0.2) is 4.39 Å². The molecule has 5 heteroatoms. The summed E-state index contributed by atoms with van der Waals surface area (Å²) in [5.41, 5.74) is -0.622. The molecule has 3 nitrogen and oxygen atoms in total. The van der Waals surface area contributed by atoms with Crippen molar-refractivity contribution in [1.82, 2.24) is 0 Å². The second-order valence-corrected chi connectivity index (χ2v) is 4.87. The van der Waals surface area contributed by atoms with Crippen molar-refractivity contribution in [2.24, 2.45) is 0 Å². The topological polar surface area (TPSA) is 42.2 Å². The van der Waals surface area contributed by atoms with Crippen LogP contribution in [0.4, 0.5) is 4.39 Å². The predicted octanol–water partition coefficient (Wildman–Crippen LogP) is 3.02. The molecule has 18 heavy (non-hydrogen) atoms. The summed E-state index contributed by atoms with van der Waals surface area (Å²) in [5.74, 6) is -1.34. The highest BCUT2D eigenvalue weighted by atomic mass is 35.5. The van der Waals surface area contributed by atoms with Crippen LogP contribution >= 0.6 is 11.6 Å². The molecule has 1 aromatic carbocycles. The van der Waals surface area contributed by atoms with Gasteiger partial charge in [0.05, 0.1) is 16.5 Å². The summed E-state index contributed by atoms with van der Waals surface area (Å²) < 4.78 is 24.5. The lowest BCUT2D eigenvalue weighted by atomic mass is 9.61. The predicted molar refractivity (Wildman–Crippen MR) is 64.7 cm³/mol. The second kappa shape index (κ2) is 4.51. The molecule has 0 atom stereocenters. The summed E-state index contributed by atoms with van der Waals surface area (Å²) in [6.07, 6.45) is 0.585. The van der Waals surface area contributed by atoms with Crippen molar-refractivity contribution in [1.29, 1.82) is 5.26 Å². The fourth-order valence-corrected chi connectivity index (χ4v) is 2.62. The lowest BCUT2D eigenvalue weighted by Gasteiger charge is -2.50. The van der Waals surface area contributed by atoms with E-state index < -0.39 is 17.0 Å². The summed E-state index contributed by atoms with van der Waals surface area (Å²) >= 11 is 5.75. The van der Waals surface area contributed by atoms with Crippen molar-refractivity contribution in [3.8, 4) is 6.07 Å². The Hall–Kier alpha value is -1.15. The minimum Gasteiger partial charge on any atom is -0.353 e. The van der Waals surface area contributed by atoms with Crippen LogP contribution in [0, 0.1) is 17.1 Å². The summed E-state index contributed by atoms with van der Waals surface area (Å²) in [7, 11) is 3.03. The van der Waals surface area contributed by atoms with Gasteiger partial charge in [0.15, 0.2) is 5.79 Å². The molecule has 0 aliphatic heterocycles. The molecule has 0 spiro atoms. The summed E-state index contributed by atoms with van der Waals surface area (Å²) in [6.45, 7) is 0. The first-order valence-corrected chi connectivity index (χ1v) is 5.86. The van der Waals surface area contributed by atoms with Crippen LogP contribution in [0.1, 0.15) is 18.4 Å². The van der Waals surface area contributed by atoms with Gasteiger partial charge in [-0.15, -0.1) is 0 Å². The molecule has 0 bridgehead atoms. The maximum absolute atomic E-state index is 14.0. The first-order valence-electron chi connectivity index (χ1n) is 5.48. The minimum atomic E-state index is -0.930. The lowest BCUT2D eigenvalue weighted by molar-refractivity contribution is -0.269. The molecule has 0 N–H and O–H groups in total. The highest BCUT2D eigenvalue weighted by Gasteiger charge is 2.58. The maximum Gasteiger partial charge on any atom is 0.171 e. The SMILES string of the molecule is COC1(OC)CC(C#N)(c2cccc(Cl)c2F)C1. The number of nitrogens with zero attached hydrogens (tertiary/aromatic N) is 1. The Morgan fingerprint density at radius 2 is 1.94 bits per heavy atom. The number of ether oxygens (including phenoxy) is 2. The molecule has 1 aromatic rings. The summed E-state index contributed by atoms with van der Waals surface area (Å²) in [6, 6.07) is 6.85. The molecule has 0 unspecified atom stereocenters. The Morgan fingerprint density at radius 1 is 1.33 bits per heavy atom. The van der Waals surface area contributed by atoms with Crippen LogP contribution in [0.2, 0.25) is 5.02 Å². The Bertz CT molecular complexity index is 500. The van der Waals surface area contributed by atoms with Crippen LogP contribution in [0.3, 0.4) is 0 Å². The molecule has 0 saturated heterocycles. The Kier molecular flexibility index (Phi) is 3.33. The van der Waals surface area contributed by atoms with E-state index in [9.17, 15) is 9.65 Å². The van der Waals surface area contributed by atoms with Crippen LogP contribution in [-0.4, -0.2) is 20.0 Å². The van der Waals surface area contributed by atoms with Crippen molar-refractivity contribution in [3.63, 3.8) is 0 Å². The number of benzene rings is 1. The molecule has 0 heterocycles. The third-order valence-electron chi connectivity index (χ3n) is 3.57. The molecule has 1 fully saturated rings. The van der Waals surface area contributed by atoms with E-state index in [1.54, 1.807) is 12.1 Å². The molecule has 1 saturated carbocycles. The average molecular weight is 270 g/mol. The Morgan fingerprint density at radius 3 is 2.44 bits per heavy atom. The van der Waals surface area contributed by atoms with Gasteiger partial charge < -0.3 is 9.47 Å². The molecule has 2 rings (SSSR count). The van der Waals surface area contributed by atoms with E-state index in [0.717, 1.165) is 0 Å². The van der Waals surface area contributed by atoms with Crippen molar-refractivity contribution in [3.05, 3.63) is 34.6 Å². The highest BCUT2D eigenvalue weighted by Crippen LogP contribution is 2.53. The maximum atomic E-state index is 14.0. The first kappa shape index (κ1) is 13.3. The van der Waals surface area contributed by atoms with Gasteiger partial charge in [-0.3, -0.25) is 0 Å². The van der Waals surface area contributed by atoms with Gasteiger partial charge in [-0.05, 0) is 6.07 Å². The van der Waals surface area contributed by atoms with Crippen LogP contribution in [0.25, 0.3) is 0 Å². The Balaban J connectivity index is 2.38. The molecule has 96 valence electrons. The third-order valence-corrected chi connectivity index (χ3v) is 3.86. The van der Waals surface area contributed by atoms with Crippen LogP contribution in [0.15, 0.2) is 18.2 Å². The molecule has 0 amide bonds. The van der Waals surface area contributed by atoms with Gasteiger partial charge in [-0.2, -0.15) is 5.26 Å². The number of methoxy groups -OCH3 is 2. The van der Waals surface area contributed by atoms with E-state index in [1.165, 1.54) is 20.3 Å². The van der Waals surface area contributed by atoms with Crippen LogP contribution < -0.4 is 0 Å². The monoisotopic (exact) mass is 269 g/mol. The third kappa shape index (κ3) is 1.79. The number of nitriles is 1. The molecule has 1 aliphatic rings. The number of hydrogen-bond acceptors (Lipinski definition) is 3. The molecular weight excluding hydrogens is 257 g/mol. The van der Waals surface area contributed by atoms with Crippen LogP contribution in [-0.2, 0) is 14.9 Å². The first-order chi connectivity index (χ1) is 8.52. The fraction of sp³-hybridized carbons (Fsp3) is 0.462. The van der Waals surface area contributed by atoms with Gasteiger partial charge in [0.25, 0.3) is 0 Å². The largest absolute Gasteiger partial charge is 0.353 e. The van der Waals surface area contributed by atoms with E-state index in [2.05, 4.69) is 6.07 Å². The smallest absolute Gasteiger partial charge is 0.171 e. The molecule has 1 aliphatic carbocycles. The Labute approximate surface area is 110 Å². The van der Waals surface area contributed by atoms with Crippen molar-refractivity contribution in [2.45, 2.75) is 24.0 Å². The van der Waals surface area contributed by atoms with Gasteiger partial charge in [0.2, 0.25) is 0 Å². The summed E-state index contributed by atoms with van der Waals surface area (Å²) in [4.78, 5) is 0. The normalized spacial score (nSPS) is 19.9. The molecule has 0 aromatic heterocycles.